The Balaban J connectivity index is 1.67. The second kappa shape index (κ2) is 9.80. The largest absolute Gasteiger partial charge is 0.389 e. The highest BCUT2D eigenvalue weighted by molar-refractivity contribution is 7.91. The number of rotatable bonds is 6. The monoisotopic (exact) mass is 499 g/mol. The van der Waals surface area contributed by atoms with E-state index in [9.17, 15) is 31.6 Å². The second-order valence-corrected chi connectivity index (χ2v) is 10.6. The zero-order valence-electron chi connectivity index (χ0n) is 17.2. The lowest BCUT2D eigenvalue weighted by Gasteiger charge is -2.41. The number of halogens is 4. The lowest BCUT2D eigenvalue weighted by atomic mass is 9.93. The SMILES string of the molecule is O=C(N(O)Cl)C1(S(=O)(=O)N2CCC(c3ccc(CCC(F)(F)F)cn3)CC2)CCOCC1. The molecule has 0 aromatic carbocycles. The fraction of sp³-hybridized carbons (Fsp3) is 0.684. The molecule has 0 radical (unpaired) electrons. The van der Waals surface area contributed by atoms with Crippen LogP contribution in [0.1, 0.15) is 49.3 Å². The molecule has 32 heavy (non-hydrogen) atoms. The molecule has 2 fully saturated rings. The van der Waals surface area contributed by atoms with Crippen LogP contribution in [0.5, 0.6) is 0 Å². The Kier molecular flexibility index (Phi) is 7.70. The van der Waals surface area contributed by atoms with E-state index in [0.717, 1.165) is 0 Å². The van der Waals surface area contributed by atoms with Crippen LogP contribution in [0.2, 0.25) is 0 Å². The maximum atomic E-state index is 13.4. The molecule has 8 nitrogen and oxygen atoms in total. The number of carbonyl (C=O) groups excluding carboxylic acids is 1. The van der Waals surface area contributed by atoms with Crippen molar-refractivity contribution in [2.24, 2.45) is 0 Å². The number of carbonyl (C=O) groups is 1. The van der Waals surface area contributed by atoms with Gasteiger partial charge in [-0.05, 0) is 30.9 Å². The first-order valence-corrected chi connectivity index (χ1v) is 12.0. The first-order chi connectivity index (χ1) is 15.0. The fourth-order valence-corrected chi connectivity index (χ4v) is 6.59. The lowest BCUT2D eigenvalue weighted by molar-refractivity contribution is -0.152. The Morgan fingerprint density at radius 3 is 2.41 bits per heavy atom. The maximum Gasteiger partial charge on any atom is 0.389 e. The molecule has 0 aliphatic carbocycles. The first-order valence-electron chi connectivity index (χ1n) is 10.2. The molecule has 2 aliphatic heterocycles. The molecule has 0 bridgehead atoms. The van der Waals surface area contributed by atoms with Gasteiger partial charge < -0.3 is 4.74 Å². The summed E-state index contributed by atoms with van der Waals surface area (Å²) in [7, 11) is -4.13. The first kappa shape index (κ1) is 25.2. The van der Waals surface area contributed by atoms with E-state index < -0.39 is 33.3 Å². The Morgan fingerprint density at radius 2 is 1.91 bits per heavy atom. The van der Waals surface area contributed by atoms with Crippen molar-refractivity contribution in [2.75, 3.05) is 26.3 Å². The van der Waals surface area contributed by atoms with Crippen LogP contribution in [-0.4, -0.2) is 70.6 Å². The highest BCUT2D eigenvalue weighted by Gasteiger charge is 2.56. The maximum absolute atomic E-state index is 13.4. The second-order valence-electron chi connectivity index (χ2n) is 8.06. The van der Waals surface area contributed by atoms with Gasteiger partial charge >= 0.3 is 6.18 Å². The number of aromatic nitrogens is 1. The average molecular weight is 500 g/mol. The van der Waals surface area contributed by atoms with Crippen molar-refractivity contribution >= 4 is 27.7 Å². The van der Waals surface area contributed by atoms with E-state index in [1.165, 1.54) is 10.5 Å². The third kappa shape index (κ3) is 5.36. The normalized spacial score (nSPS) is 20.8. The van der Waals surface area contributed by atoms with Gasteiger partial charge in [-0.25, -0.2) is 12.7 Å². The number of aryl methyl sites for hydroxylation is 1. The minimum atomic E-state index is -4.23. The van der Waals surface area contributed by atoms with Crippen LogP contribution in [0.15, 0.2) is 18.3 Å². The Morgan fingerprint density at radius 1 is 1.28 bits per heavy atom. The van der Waals surface area contributed by atoms with Crippen LogP contribution in [0, 0.1) is 0 Å². The molecule has 0 atom stereocenters. The van der Waals surface area contributed by atoms with Gasteiger partial charge in [0.25, 0.3) is 5.91 Å². The summed E-state index contributed by atoms with van der Waals surface area (Å²) >= 11 is 5.40. The zero-order valence-corrected chi connectivity index (χ0v) is 18.8. The Bertz CT molecular complexity index is 898. The minimum Gasteiger partial charge on any atom is -0.381 e. The summed E-state index contributed by atoms with van der Waals surface area (Å²) in [5, 5.41) is 9.45. The standard InChI is InChI=1S/C19H25ClF3N3O5S/c20-26(28)17(27)18(7-11-31-12-8-18)32(29,30)25-9-4-15(5-10-25)16-2-1-14(13-24-16)3-6-19(21,22)23/h1-2,13,15,28H,3-12H2. The summed E-state index contributed by atoms with van der Waals surface area (Å²) in [6, 6.07) is 3.30. The Labute approximate surface area is 189 Å². The number of piperidine rings is 1. The van der Waals surface area contributed by atoms with E-state index in [4.69, 9.17) is 16.5 Å². The van der Waals surface area contributed by atoms with E-state index in [0.29, 0.717) is 24.1 Å². The number of pyridine rings is 1. The van der Waals surface area contributed by atoms with E-state index in [-0.39, 0.29) is 56.1 Å². The number of ether oxygens (including phenoxy) is 1. The quantitative estimate of drug-likeness (QED) is 0.367. The van der Waals surface area contributed by atoms with Crippen LogP contribution < -0.4 is 0 Å². The topological polar surface area (TPSA) is 100 Å². The molecule has 0 unspecified atom stereocenters. The highest BCUT2D eigenvalue weighted by Crippen LogP contribution is 2.37. The van der Waals surface area contributed by atoms with Gasteiger partial charge in [0.05, 0.1) is 0 Å². The smallest absolute Gasteiger partial charge is 0.381 e. The molecule has 1 aromatic heterocycles. The van der Waals surface area contributed by atoms with E-state index in [1.807, 2.05) is 0 Å². The minimum absolute atomic E-state index is 0.0524. The van der Waals surface area contributed by atoms with Crippen molar-refractivity contribution in [3.05, 3.63) is 29.6 Å². The predicted octanol–water partition coefficient (Wildman–Crippen LogP) is 3.01. The van der Waals surface area contributed by atoms with Gasteiger partial charge in [0.2, 0.25) is 10.0 Å². The summed E-state index contributed by atoms with van der Waals surface area (Å²) in [6.07, 6.45) is -3.19. The summed E-state index contributed by atoms with van der Waals surface area (Å²) in [6.45, 7) is 0.399. The van der Waals surface area contributed by atoms with Gasteiger partial charge in [-0.2, -0.15) is 13.2 Å². The van der Waals surface area contributed by atoms with Gasteiger partial charge in [0, 0.05) is 75.2 Å². The molecule has 0 saturated carbocycles. The van der Waals surface area contributed by atoms with Crippen molar-refractivity contribution < 1.29 is 36.3 Å². The van der Waals surface area contributed by atoms with E-state index in [2.05, 4.69) is 4.98 Å². The molecule has 180 valence electrons. The van der Waals surface area contributed by atoms with E-state index >= 15 is 0 Å². The van der Waals surface area contributed by atoms with Crippen molar-refractivity contribution in [1.29, 1.82) is 0 Å². The molecule has 2 aliphatic rings. The number of amides is 1. The van der Waals surface area contributed by atoms with Crippen molar-refractivity contribution in [2.45, 2.75) is 55.4 Å². The third-order valence-corrected chi connectivity index (χ3v) is 8.88. The predicted molar refractivity (Wildman–Crippen MR) is 108 cm³/mol. The summed E-state index contributed by atoms with van der Waals surface area (Å²) in [5.41, 5.74) is 1.18. The van der Waals surface area contributed by atoms with Crippen molar-refractivity contribution in [3.8, 4) is 0 Å². The van der Waals surface area contributed by atoms with Crippen molar-refractivity contribution in [3.63, 3.8) is 0 Å². The number of hydrogen-bond donors (Lipinski definition) is 1. The number of hydrogen-bond acceptors (Lipinski definition) is 6. The van der Waals surface area contributed by atoms with Gasteiger partial charge in [-0.15, -0.1) is 4.58 Å². The lowest BCUT2D eigenvalue weighted by Crippen LogP contribution is -2.59. The number of sulfonamides is 1. The van der Waals surface area contributed by atoms with Crippen LogP contribution >= 0.6 is 11.8 Å². The Hall–Kier alpha value is -1.47. The molecule has 1 amide bonds. The molecular formula is C19H25ClF3N3O5S. The molecule has 0 spiro atoms. The molecule has 3 rings (SSSR count). The summed E-state index contributed by atoms with van der Waals surface area (Å²) in [4.78, 5) is 16.8. The van der Waals surface area contributed by atoms with Crippen LogP contribution in [-0.2, 0) is 26.0 Å². The summed E-state index contributed by atoms with van der Waals surface area (Å²) in [5.74, 6) is -1.15. The highest BCUT2D eigenvalue weighted by atomic mass is 35.5. The summed E-state index contributed by atoms with van der Waals surface area (Å²) < 4.78 is 68.3. The third-order valence-electron chi connectivity index (χ3n) is 6.11. The van der Waals surface area contributed by atoms with Crippen LogP contribution in [0.25, 0.3) is 0 Å². The molecule has 1 aromatic rings. The van der Waals surface area contributed by atoms with Gasteiger partial charge in [-0.1, -0.05) is 6.07 Å². The molecule has 2 saturated heterocycles. The molecule has 13 heteroatoms. The number of hydroxylamine groups is 1. The van der Waals surface area contributed by atoms with Crippen LogP contribution in [0.4, 0.5) is 13.2 Å². The van der Waals surface area contributed by atoms with Gasteiger partial charge in [-0.3, -0.25) is 15.0 Å². The van der Waals surface area contributed by atoms with Crippen LogP contribution in [0.3, 0.4) is 0 Å². The van der Waals surface area contributed by atoms with Crippen molar-refractivity contribution in [1.82, 2.24) is 13.9 Å². The fourth-order valence-electron chi connectivity index (χ4n) is 4.20. The number of alkyl halides is 3. The average Bonchev–Trinajstić information content (AvgIpc) is 2.77. The number of nitrogens with zero attached hydrogens (tertiary/aromatic N) is 3. The molecule has 1 N–H and O–H groups in total. The molecule has 3 heterocycles. The van der Waals surface area contributed by atoms with E-state index in [1.54, 1.807) is 12.1 Å². The van der Waals surface area contributed by atoms with Gasteiger partial charge in [0.15, 0.2) is 4.75 Å². The van der Waals surface area contributed by atoms with Gasteiger partial charge in [0.1, 0.15) is 0 Å². The molecular weight excluding hydrogens is 475 g/mol. The zero-order chi connectivity index (χ0) is 23.6.